The van der Waals surface area contributed by atoms with Gasteiger partial charge in [0.05, 0.1) is 6.10 Å². The fourth-order valence-electron chi connectivity index (χ4n) is 4.19. The summed E-state index contributed by atoms with van der Waals surface area (Å²) < 4.78 is 5.87. The molecular weight excluding hydrogens is 372 g/mol. The van der Waals surface area contributed by atoms with Gasteiger partial charge < -0.3 is 4.74 Å². The third-order valence-corrected chi connectivity index (χ3v) is 8.46. The maximum absolute atomic E-state index is 5.87. The topological polar surface area (TPSA) is 9.23 Å². The Morgan fingerprint density at radius 3 is 1.90 bits per heavy atom. The van der Waals surface area contributed by atoms with E-state index in [-0.39, 0.29) is 0 Å². The van der Waals surface area contributed by atoms with Gasteiger partial charge in [0.15, 0.2) is 0 Å². The van der Waals surface area contributed by atoms with Crippen LogP contribution in [0.15, 0.2) is 60.7 Å². The van der Waals surface area contributed by atoms with Crippen LogP contribution in [0, 0.1) is 0 Å². The molecule has 1 atom stereocenters. The molecule has 1 unspecified atom stereocenters. The molecule has 1 heterocycles. The van der Waals surface area contributed by atoms with Crippen molar-refractivity contribution in [2.45, 2.75) is 70.3 Å². The second kappa shape index (κ2) is 13.9. The van der Waals surface area contributed by atoms with Crippen LogP contribution in [0.3, 0.4) is 0 Å². The average molecular weight is 412 g/mol. The minimum Gasteiger partial charge on any atom is -0.378 e. The lowest BCUT2D eigenvalue weighted by atomic mass is 10.0. The number of rotatable bonds is 13. The summed E-state index contributed by atoms with van der Waals surface area (Å²) in [5.74, 6) is 4.12. The summed E-state index contributed by atoms with van der Waals surface area (Å²) in [5.41, 5.74) is 2.99. The van der Waals surface area contributed by atoms with Gasteiger partial charge in [-0.25, -0.2) is 0 Å². The fourth-order valence-corrected chi connectivity index (χ4v) is 6.46. The van der Waals surface area contributed by atoms with Crippen molar-refractivity contribution in [1.82, 2.24) is 0 Å². The highest BCUT2D eigenvalue weighted by molar-refractivity contribution is 7.96. The third-order valence-electron chi connectivity index (χ3n) is 6.03. The Kier molecular flexibility index (Phi) is 10.7. The minimum atomic E-state index is 0.540. The van der Waals surface area contributed by atoms with E-state index in [2.05, 4.69) is 60.7 Å². The van der Waals surface area contributed by atoms with Crippen molar-refractivity contribution >= 4 is 10.9 Å². The first-order valence-electron chi connectivity index (χ1n) is 11.7. The number of hydrogen-bond donors (Lipinski definition) is 0. The summed E-state index contributed by atoms with van der Waals surface area (Å²) in [5, 5.41) is 0. The van der Waals surface area contributed by atoms with Gasteiger partial charge in [-0.15, -0.1) is 0 Å². The summed E-state index contributed by atoms with van der Waals surface area (Å²) in [6, 6.07) is 22.1. The highest BCUT2D eigenvalue weighted by atomic mass is 32.2. The predicted octanol–water partition coefficient (Wildman–Crippen LogP) is 6.61. The van der Waals surface area contributed by atoms with Crippen LogP contribution in [0.2, 0.25) is 0 Å². The summed E-state index contributed by atoms with van der Waals surface area (Å²) in [6.45, 7) is 0.996. The molecule has 2 heteroatoms. The van der Waals surface area contributed by atoms with Crippen LogP contribution < -0.4 is 0 Å². The Balaban J connectivity index is 1.35. The Morgan fingerprint density at radius 1 is 0.690 bits per heavy atom. The number of aryl methyl sites for hydroxylation is 2. The first-order chi connectivity index (χ1) is 14.4. The van der Waals surface area contributed by atoms with E-state index in [1.54, 1.807) is 0 Å². The standard InChI is InChI=1S/C27H39OS/c1(9-17-27-18-10-11-21-28-27)2-12-22-29(23-19-25-13-5-3-6-14-25)24-20-26-15-7-4-8-16-26/h3-8,13-16,27H,1-2,9-12,17-24H2/q+1. The van der Waals surface area contributed by atoms with Gasteiger partial charge in [0, 0.05) is 19.4 Å². The van der Waals surface area contributed by atoms with Crippen LogP contribution >= 0.6 is 0 Å². The smallest absolute Gasteiger partial charge is 0.112 e. The van der Waals surface area contributed by atoms with E-state index in [9.17, 15) is 0 Å². The van der Waals surface area contributed by atoms with Crippen LogP contribution in [-0.4, -0.2) is 30.0 Å². The van der Waals surface area contributed by atoms with Crippen molar-refractivity contribution in [3.05, 3.63) is 71.8 Å². The summed E-state index contributed by atoms with van der Waals surface area (Å²) in [7, 11) is 0.540. The van der Waals surface area contributed by atoms with Crippen molar-refractivity contribution in [3.63, 3.8) is 0 Å². The van der Waals surface area contributed by atoms with Crippen LogP contribution in [0.4, 0.5) is 0 Å². The highest BCUT2D eigenvalue weighted by Gasteiger charge is 2.18. The molecule has 1 aliphatic heterocycles. The van der Waals surface area contributed by atoms with Crippen molar-refractivity contribution in [2.24, 2.45) is 0 Å². The number of ether oxygens (including phenoxy) is 1. The van der Waals surface area contributed by atoms with Gasteiger partial charge in [-0.05, 0) is 60.5 Å². The van der Waals surface area contributed by atoms with Gasteiger partial charge in [0.25, 0.3) is 0 Å². The molecule has 2 aromatic carbocycles. The van der Waals surface area contributed by atoms with E-state index < -0.39 is 0 Å². The van der Waals surface area contributed by atoms with Gasteiger partial charge in [0.2, 0.25) is 0 Å². The molecule has 0 bridgehead atoms. The normalized spacial score (nSPS) is 16.9. The fraction of sp³-hybridized carbons (Fsp3) is 0.556. The lowest BCUT2D eigenvalue weighted by Crippen LogP contribution is -2.20. The second-order valence-corrected chi connectivity index (χ2v) is 10.8. The molecule has 158 valence electrons. The number of unbranched alkanes of at least 4 members (excludes halogenated alkanes) is 3. The molecular formula is C27H39OS+. The number of hydrogen-bond acceptors (Lipinski definition) is 1. The quantitative estimate of drug-likeness (QED) is 0.266. The van der Waals surface area contributed by atoms with Crippen LogP contribution in [0.25, 0.3) is 0 Å². The second-order valence-electron chi connectivity index (χ2n) is 8.39. The minimum absolute atomic E-state index is 0.540. The molecule has 29 heavy (non-hydrogen) atoms. The zero-order valence-corrected chi connectivity index (χ0v) is 18.9. The molecule has 0 aromatic heterocycles. The van der Waals surface area contributed by atoms with E-state index in [4.69, 9.17) is 4.74 Å². The molecule has 1 nitrogen and oxygen atoms in total. The lowest BCUT2D eigenvalue weighted by Gasteiger charge is -2.22. The molecule has 1 saturated heterocycles. The Bertz CT molecular complexity index is 593. The van der Waals surface area contributed by atoms with E-state index >= 15 is 0 Å². The Morgan fingerprint density at radius 2 is 1.31 bits per heavy atom. The maximum atomic E-state index is 5.87. The highest BCUT2D eigenvalue weighted by Crippen LogP contribution is 2.19. The largest absolute Gasteiger partial charge is 0.378 e. The monoisotopic (exact) mass is 411 g/mol. The first-order valence-corrected chi connectivity index (χ1v) is 13.5. The van der Waals surface area contributed by atoms with Gasteiger partial charge >= 0.3 is 0 Å². The van der Waals surface area contributed by atoms with Gasteiger partial charge in [0.1, 0.15) is 17.3 Å². The van der Waals surface area contributed by atoms with E-state index in [1.165, 1.54) is 92.6 Å². The molecule has 1 aliphatic rings. The van der Waals surface area contributed by atoms with Crippen LogP contribution in [0.5, 0.6) is 0 Å². The molecule has 0 aliphatic carbocycles. The number of benzene rings is 2. The van der Waals surface area contributed by atoms with Gasteiger partial charge in [-0.1, -0.05) is 73.5 Å². The van der Waals surface area contributed by atoms with Crippen LogP contribution in [-0.2, 0) is 28.5 Å². The zero-order valence-electron chi connectivity index (χ0n) is 18.1. The molecule has 0 spiro atoms. The van der Waals surface area contributed by atoms with E-state index in [1.807, 2.05) is 0 Å². The first kappa shape index (κ1) is 22.4. The zero-order chi connectivity index (χ0) is 20.0. The molecule has 1 fully saturated rings. The van der Waals surface area contributed by atoms with Crippen molar-refractivity contribution in [2.75, 3.05) is 23.9 Å². The Labute approximate surface area is 181 Å². The van der Waals surface area contributed by atoms with Crippen molar-refractivity contribution < 1.29 is 4.74 Å². The molecule has 0 saturated carbocycles. The van der Waals surface area contributed by atoms with Crippen molar-refractivity contribution in [1.29, 1.82) is 0 Å². The summed E-state index contributed by atoms with van der Waals surface area (Å²) in [6.07, 6.45) is 13.8. The molecule has 0 amide bonds. The average Bonchev–Trinajstić information content (AvgIpc) is 2.79. The molecule has 0 radical (unpaired) electrons. The van der Waals surface area contributed by atoms with Gasteiger partial charge in [-0.3, -0.25) is 0 Å². The Hall–Kier alpha value is -1.25. The summed E-state index contributed by atoms with van der Waals surface area (Å²) >= 11 is 0. The van der Waals surface area contributed by atoms with Crippen LogP contribution in [0.1, 0.15) is 62.5 Å². The molecule has 3 rings (SSSR count). The molecule has 0 N–H and O–H groups in total. The lowest BCUT2D eigenvalue weighted by molar-refractivity contribution is 0.00979. The van der Waals surface area contributed by atoms with Gasteiger partial charge in [-0.2, -0.15) is 0 Å². The SMILES string of the molecule is c1ccc(CC[S+](CCCCCCC2CCCCO2)CCc2ccccc2)cc1. The predicted molar refractivity (Wildman–Crippen MR) is 129 cm³/mol. The maximum Gasteiger partial charge on any atom is 0.112 e. The summed E-state index contributed by atoms with van der Waals surface area (Å²) in [4.78, 5) is 0. The van der Waals surface area contributed by atoms with E-state index in [0.29, 0.717) is 17.0 Å². The van der Waals surface area contributed by atoms with E-state index in [0.717, 1.165) is 6.61 Å². The third kappa shape index (κ3) is 9.40. The molecule has 2 aromatic rings. The van der Waals surface area contributed by atoms with Crippen molar-refractivity contribution in [3.8, 4) is 0 Å².